The fraction of sp³-hybridized carbons (Fsp3) is 0.308. The van der Waals surface area contributed by atoms with Crippen LogP contribution in [0.5, 0.6) is 0 Å². The van der Waals surface area contributed by atoms with Crippen molar-refractivity contribution >= 4 is 5.57 Å². The van der Waals surface area contributed by atoms with E-state index < -0.39 is 5.60 Å². The molecule has 78 valence electrons. The van der Waals surface area contributed by atoms with Crippen LogP contribution in [0.25, 0.3) is 5.57 Å². The Kier molecular flexibility index (Phi) is 3.16. The standard InChI is InChI=1S/C13H15NO/c1-10(2)11-6-5-7-12(8-11)13(3,4)15-9-14/h5-8H,1H2,2-4H3. The van der Waals surface area contributed by atoms with Crippen LogP contribution >= 0.6 is 0 Å². The van der Waals surface area contributed by atoms with E-state index in [1.165, 1.54) is 0 Å². The lowest BCUT2D eigenvalue weighted by Crippen LogP contribution is -2.19. The Labute approximate surface area is 90.8 Å². The smallest absolute Gasteiger partial charge is 0.287 e. The second-order valence-electron chi connectivity index (χ2n) is 4.06. The van der Waals surface area contributed by atoms with Gasteiger partial charge in [-0.1, -0.05) is 30.4 Å². The van der Waals surface area contributed by atoms with Crippen LogP contribution in [0, 0.1) is 11.5 Å². The van der Waals surface area contributed by atoms with E-state index in [1.807, 2.05) is 45.0 Å². The van der Waals surface area contributed by atoms with Gasteiger partial charge in [0, 0.05) is 0 Å². The minimum absolute atomic E-state index is 0.583. The third-order valence-corrected chi connectivity index (χ3v) is 2.35. The summed E-state index contributed by atoms with van der Waals surface area (Å²) in [5.41, 5.74) is 2.47. The zero-order valence-corrected chi connectivity index (χ0v) is 9.37. The number of ether oxygens (including phenoxy) is 1. The van der Waals surface area contributed by atoms with Gasteiger partial charge in [-0.3, -0.25) is 0 Å². The molecule has 0 fully saturated rings. The molecule has 0 saturated carbocycles. The van der Waals surface area contributed by atoms with Gasteiger partial charge in [0.1, 0.15) is 5.60 Å². The summed E-state index contributed by atoms with van der Waals surface area (Å²) >= 11 is 0. The molecule has 0 aliphatic carbocycles. The highest BCUT2D eigenvalue weighted by atomic mass is 16.5. The highest BCUT2D eigenvalue weighted by Crippen LogP contribution is 2.26. The van der Waals surface area contributed by atoms with E-state index in [-0.39, 0.29) is 0 Å². The van der Waals surface area contributed by atoms with E-state index >= 15 is 0 Å². The summed E-state index contributed by atoms with van der Waals surface area (Å²) in [6.45, 7) is 9.58. The fourth-order valence-corrected chi connectivity index (χ4v) is 1.33. The van der Waals surface area contributed by atoms with Crippen molar-refractivity contribution in [1.82, 2.24) is 0 Å². The van der Waals surface area contributed by atoms with Gasteiger partial charge in [-0.2, -0.15) is 5.26 Å². The van der Waals surface area contributed by atoms with Gasteiger partial charge in [0.2, 0.25) is 0 Å². The molecule has 0 aliphatic heterocycles. The molecule has 1 aromatic carbocycles. The van der Waals surface area contributed by atoms with Crippen molar-refractivity contribution in [1.29, 1.82) is 5.26 Å². The Bertz CT molecular complexity index is 413. The monoisotopic (exact) mass is 201 g/mol. The lowest BCUT2D eigenvalue weighted by molar-refractivity contribution is 0.0702. The summed E-state index contributed by atoms with van der Waals surface area (Å²) in [6, 6.07) is 7.89. The lowest BCUT2D eigenvalue weighted by atomic mass is 9.95. The third kappa shape index (κ3) is 2.60. The van der Waals surface area contributed by atoms with Crippen LogP contribution in [0.1, 0.15) is 31.9 Å². The minimum Gasteiger partial charge on any atom is -0.417 e. The second-order valence-corrected chi connectivity index (χ2v) is 4.06. The number of nitriles is 1. The van der Waals surface area contributed by atoms with E-state index in [4.69, 9.17) is 10.00 Å². The second kappa shape index (κ2) is 4.18. The molecular weight excluding hydrogens is 186 g/mol. The quantitative estimate of drug-likeness (QED) is 0.702. The topological polar surface area (TPSA) is 33.0 Å². The molecular formula is C13H15NO. The zero-order chi connectivity index (χ0) is 11.5. The number of hydrogen-bond acceptors (Lipinski definition) is 2. The van der Waals surface area contributed by atoms with Crippen LogP contribution in [-0.2, 0) is 10.3 Å². The predicted molar refractivity (Wildman–Crippen MR) is 60.9 cm³/mol. The molecule has 0 heterocycles. The summed E-state index contributed by atoms with van der Waals surface area (Å²) in [7, 11) is 0. The van der Waals surface area contributed by atoms with Gasteiger partial charge in [-0.25, -0.2) is 0 Å². The SMILES string of the molecule is C=C(C)c1cccc(C(C)(C)OC#N)c1. The van der Waals surface area contributed by atoms with Crippen LogP contribution in [0.3, 0.4) is 0 Å². The van der Waals surface area contributed by atoms with Crippen LogP contribution < -0.4 is 0 Å². The first kappa shape index (κ1) is 11.3. The van der Waals surface area contributed by atoms with E-state index in [2.05, 4.69) is 6.58 Å². The number of hydrogen-bond donors (Lipinski definition) is 0. The highest BCUT2D eigenvalue weighted by Gasteiger charge is 2.22. The van der Waals surface area contributed by atoms with Gasteiger partial charge in [0.15, 0.2) is 0 Å². The summed E-state index contributed by atoms with van der Waals surface area (Å²) in [5.74, 6) is 0. The molecule has 0 saturated heterocycles. The summed E-state index contributed by atoms with van der Waals surface area (Å²) < 4.78 is 5.03. The number of rotatable bonds is 3. The van der Waals surface area contributed by atoms with Crippen molar-refractivity contribution < 1.29 is 4.74 Å². The van der Waals surface area contributed by atoms with Crippen molar-refractivity contribution in [2.24, 2.45) is 0 Å². The molecule has 0 unspecified atom stereocenters. The summed E-state index contributed by atoms with van der Waals surface area (Å²) in [5, 5.41) is 8.55. The van der Waals surface area contributed by atoms with Gasteiger partial charge < -0.3 is 4.74 Å². The van der Waals surface area contributed by atoms with Crippen molar-refractivity contribution in [3.63, 3.8) is 0 Å². The maximum absolute atomic E-state index is 8.55. The van der Waals surface area contributed by atoms with Crippen molar-refractivity contribution in [2.45, 2.75) is 26.4 Å². The number of allylic oxidation sites excluding steroid dienone is 1. The molecule has 0 spiro atoms. The van der Waals surface area contributed by atoms with E-state index in [0.717, 1.165) is 16.7 Å². The Hall–Kier alpha value is -1.75. The molecule has 1 rings (SSSR count). The van der Waals surface area contributed by atoms with Crippen molar-refractivity contribution in [3.05, 3.63) is 42.0 Å². The number of benzene rings is 1. The van der Waals surface area contributed by atoms with Gasteiger partial charge >= 0.3 is 0 Å². The first-order valence-corrected chi connectivity index (χ1v) is 4.81. The molecule has 0 bridgehead atoms. The molecule has 2 heteroatoms. The third-order valence-electron chi connectivity index (χ3n) is 2.35. The number of nitrogens with zero attached hydrogens (tertiary/aromatic N) is 1. The minimum atomic E-state index is -0.583. The first-order chi connectivity index (χ1) is 6.97. The fourth-order valence-electron chi connectivity index (χ4n) is 1.33. The van der Waals surface area contributed by atoms with Gasteiger partial charge in [0.25, 0.3) is 6.26 Å². The van der Waals surface area contributed by atoms with Gasteiger partial charge in [0.05, 0.1) is 0 Å². The molecule has 0 aliphatic rings. The van der Waals surface area contributed by atoms with E-state index in [0.29, 0.717) is 0 Å². The lowest BCUT2D eigenvalue weighted by Gasteiger charge is -2.22. The molecule has 0 aromatic heterocycles. The van der Waals surface area contributed by atoms with Crippen LogP contribution in [0.4, 0.5) is 0 Å². The first-order valence-electron chi connectivity index (χ1n) is 4.81. The summed E-state index contributed by atoms with van der Waals surface area (Å²) in [4.78, 5) is 0. The molecule has 1 aromatic rings. The molecule has 0 radical (unpaired) electrons. The summed E-state index contributed by atoms with van der Waals surface area (Å²) in [6.07, 6.45) is 1.73. The molecule has 2 nitrogen and oxygen atoms in total. The maximum atomic E-state index is 8.55. The molecule has 0 amide bonds. The van der Waals surface area contributed by atoms with Crippen molar-refractivity contribution in [3.8, 4) is 6.26 Å². The normalized spacial score (nSPS) is 10.5. The van der Waals surface area contributed by atoms with Crippen molar-refractivity contribution in [2.75, 3.05) is 0 Å². The largest absolute Gasteiger partial charge is 0.417 e. The highest BCUT2D eigenvalue weighted by molar-refractivity contribution is 5.62. The van der Waals surface area contributed by atoms with Crippen LogP contribution in [0.2, 0.25) is 0 Å². The molecule has 15 heavy (non-hydrogen) atoms. The zero-order valence-electron chi connectivity index (χ0n) is 9.37. The average molecular weight is 201 g/mol. The van der Waals surface area contributed by atoms with E-state index in [1.54, 1.807) is 6.26 Å². The molecule has 0 atom stereocenters. The Morgan fingerprint density at radius 1 is 1.47 bits per heavy atom. The molecule has 0 N–H and O–H groups in total. The predicted octanol–water partition coefficient (Wildman–Crippen LogP) is 3.45. The van der Waals surface area contributed by atoms with Gasteiger partial charge in [-0.05, 0) is 38.0 Å². The van der Waals surface area contributed by atoms with Gasteiger partial charge in [-0.15, -0.1) is 0 Å². The Morgan fingerprint density at radius 2 is 2.13 bits per heavy atom. The van der Waals surface area contributed by atoms with Crippen LogP contribution in [-0.4, -0.2) is 0 Å². The maximum Gasteiger partial charge on any atom is 0.287 e. The van der Waals surface area contributed by atoms with E-state index in [9.17, 15) is 0 Å². The Balaban J connectivity index is 3.11. The van der Waals surface area contributed by atoms with Crippen LogP contribution in [0.15, 0.2) is 30.8 Å². The Morgan fingerprint density at radius 3 is 2.67 bits per heavy atom. The average Bonchev–Trinajstić information content (AvgIpc) is 2.18.